The van der Waals surface area contributed by atoms with E-state index >= 15 is 0 Å². The van der Waals surface area contributed by atoms with Gasteiger partial charge in [-0.1, -0.05) is 127 Å². The number of benzene rings is 7. The molecule has 9 rings (SSSR count). The number of para-hydroxylation sites is 1. The topological polar surface area (TPSA) is 25.2 Å². The predicted molar refractivity (Wildman–Crippen MR) is 192 cm³/mol. The Morgan fingerprint density at radius 1 is 0.435 bits per heavy atom. The Bertz CT molecular complexity index is 2350. The van der Waals surface area contributed by atoms with Gasteiger partial charge in [0.15, 0.2) is 0 Å². The van der Waals surface area contributed by atoms with Gasteiger partial charge in [0.2, 0.25) is 0 Å². The highest BCUT2D eigenvalue weighted by Gasteiger charge is 2.42. The zero-order valence-electron chi connectivity index (χ0n) is 25.5. The first-order valence-electron chi connectivity index (χ1n) is 15.8. The zero-order chi connectivity index (χ0) is 30.7. The van der Waals surface area contributed by atoms with Crippen LogP contribution in [0.5, 0.6) is 0 Å². The van der Waals surface area contributed by atoms with Crippen LogP contribution in [0.4, 0.5) is 11.4 Å². The van der Waals surface area contributed by atoms with Crippen LogP contribution in [0.25, 0.3) is 55.3 Å². The summed E-state index contributed by atoms with van der Waals surface area (Å²) in [6.07, 6.45) is 0. The fourth-order valence-corrected chi connectivity index (χ4v) is 7.43. The highest BCUT2D eigenvalue weighted by atomic mass is 16.3. The maximum atomic E-state index is 6.81. The lowest BCUT2D eigenvalue weighted by molar-refractivity contribution is 0.638. The van der Waals surface area contributed by atoms with Gasteiger partial charge in [-0.05, 0) is 87.8 Å². The number of hydrogen-bond donors (Lipinski definition) is 1. The Morgan fingerprint density at radius 3 is 1.78 bits per heavy atom. The van der Waals surface area contributed by atoms with Crippen molar-refractivity contribution in [2.45, 2.75) is 12.3 Å². The zero-order valence-corrected chi connectivity index (χ0v) is 25.5. The van der Waals surface area contributed by atoms with E-state index in [-0.39, 0.29) is 5.41 Å². The largest absolute Gasteiger partial charge is 0.456 e. The molecule has 0 atom stereocenters. The van der Waals surface area contributed by atoms with Gasteiger partial charge in [0.1, 0.15) is 11.2 Å². The van der Waals surface area contributed by atoms with E-state index in [1.807, 2.05) is 6.07 Å². The normalized spacial score (nSPS) is 13.1. The van der Waals surface area contributed by atoms with Gasteiger partial charge in [-0.2, -0.15) is 0 Å². The van der Waals surface area contributed by atoms with Gasteiger partial charge < -0.3 is 9.73 Å². The van der Waals surface area contributed by atoms with Gasteiger partial charge in [-0.15, -0.1) is 0 Å². The molecule has 0 unspecified atom stereocenters. The van der Waals surface area contributed by atoms with Crippen molar-refractivity contribution in [1.82, 2.24) is 0 Å². The van der Waals surface area contributed by atoms with E-state index in [2.05, 4.69) is 170 Å². The number of nitrogens with one attached hydrogen (secondary N) is 1. The Balaban J connectivity index is 1.08. The van der Waals surface area contributed by atoms with E-state index in [9.17, 15) is 0 Å². The van der Waals surface area contributed by atoms with Crippen molar-refractivity contribution >= 4 is 33.3 Å². The summed E-state index contributed by atoms with van der Waals surface area (Å²) in [6, 6.07) is 58.4. The lowest BCUT2D eigenvalue weighted by atomic mass is 9.74. The van der Waals surface area contributed by atoms with Crippen molar-refractivity contribution in [3.63, 3.8) is 0 Å². The summed E-state index contributed by atoms with van der Waals surface area (Å²) in [5, 5.41) is 5.87. The SMILES string of the molecule is CC1(c2cccc3c2oc2cc(-c4cccc(Nc5ccc(-c6ccccc6)cc5)c4)ccc23)c2ccccc2-c2ccccc21. The Morgan fingerprint density at radius 2 is 1.02 bits per heavy atom. The van der Waals surface area contributed by atoms with Crippen molar-refractivity contribution in [3.05, 3.63) is 180 Å². The second kappa shape index (κ2) is 10.4. The quantitative estimate of drug-likeness (QED) is 0.216. The molecule has 46 heavy (non-hydrogen) atoms. The molecular formula is C44H31NO. The highest BCUT2D eigenvalue weighted by molar-refractivity contribution is 6.08. The molecular weight excluding hydrogens is 558 g/mol. The molecule has 1 N–H and O–H groups in total. The summed E-state index contributed by atoms with van der Waals surface area (Å²) in [5.41, 5.74) is 14.8. The summed E-state index contributed by atoms with van der Waals surface area (Å²) in [5.74, 6) is 0. The Hall–Kier alpha value is -5.86. The molecule has 2 heteroatoms. The van der Waals surface area contributed by atoms with Crippen molar-refractivity contribution < 1.29 is 4.42 Å². The van der Waals surface area contributed by atoms with Crippen LogP contribution in [0.1, 0.15) is 23.6 Å². The molecule has 0 saturated carbocycles. The summed E-state index contributed by atoms with van der Waals surface area (Å²) >= 11 is 0. The molecule has 1 aromatic heterocycles. The van der Waals surface area contributed by atoms with Crippen LogP contribution in [0.3, 0.4) is 0 Å². The van der Waals surface area contributed by atoms with Gasteiger partial charge in [0.05, 0.1) is 0 Å². The smallest absolute Gasteiger partial charge is 0.139 e. The molecule has 0 spiro atoms. The Kier molecular flexibility index (Phi) is 5.97. The van der Waals surface area contributed by atoms with Crippen LogP contribution in [-0.2, 0) is 5.41 Å². The third-order valence-corrected chi connectivity index (χ3v) is 9.74. The van der Waals surface area contributed by atoms with Crippen molar-refractivity contribution in [2.24, 2.45) is 0 Å². The van der Waals surface area contributed by atoms with E-state index in [1.54, 1.807) is 0 Å². The molecule has 1 aliphatic carbocycles. The average molecular weight is 590 g/mol. The third-order valence-electron chi connectivity index (χ3n) is 9.74. The fraction of sp³-hybridized carbons (Fsp3) is 0.0455. The lowest BCUT2D eigenvalue weighted by Gasteiger charge is -2.28. The monoisotopic (exact) mass is 589 g/mol. The maximum Gasteiger partial charge on any atom is 0.139 e. The summed E-state index contributed by atoms with van der Waals surface area (Å²) in [6.45, 7) is 2.35. The molecule has 1 aliphatic rings. The predicted octanol–water partition coefficient (Wildman–Crippen LogP) is 12.0. The standard InChI is InChI=1S/C44H31NO/c1-44(39-18-7-5-15-35(39)36-16-6-8-19-40(36)44)41-20-10-17-38-37-26-23-32(28-42(37)46-43(38)41)31-13-9-14-34(27-31)45-33-24-21-30(22-25-33)29-11-3-2-4-12-29/h2-28,45H,1H3. The first-order chi connectivity index (χ1) is 22.7. The third kappa shape index (κ3) is 4.11. The molecule has 8 aromatic rings. The van der Waals surface area contributed by atoms with Crippen LogP contribution in [0.15, 0.2) is 168 Å². The van der Waals surface area contributed by atoms with E-state index in [4.69, 9.17) is 4.42 Å². The number of anilines is 2. The molecule has 218 valence electrons. The van der Waals surface area contributed by atoms with Gasteiger partial charge >= 0.3 is 0 Å². The minimum absolute atomic E-state index is 0.317. The number of furan rings is 1. The first-order valence-corrected chi connectivity index (χ1v) is 15.8. The molecule has 0 bridgehead atoms. The molecule has 0 radical (unpaired) electrons. The molecule has 0 amide bonds. The van der Waals surface area contributed by atoms with Gasteiger partial charge in [0, 0.05) is 33.1 Å². The summed E-state index contributed by atoms with van der Waals surface area (Å²) in [4.78, 5) is 0. The van der Waals surface area contributed by atoms with Crippen LogP contribution in [0.2, 0.25) is 0 Å². The first kappa shape index (κ1) is 26.5. The van der Waals surface area contributed by atoms with Crippen LogP contribution in [-0.4, -0.2) is 0 Å². The molecule has 0 fully saturated rings. The van der Waals surface area contributed by atoms with Gasteiger partial charge in [-0.25, -0.2) is 0 Å². The molecule has 0 aliphatic heterocycles. The fourth-order valence-electron chi connectivity index (χ4n) is 7.43. The van der Waals surface area contributed by atoms with Crippen molar-refractivity contribution in [1.29, 1.82) is 0 Å². The van der Waals surface area contributed by atoms with Crippen LogP contribution >= 0.6 is 0 Å². The number of fused-ring (bicyclic) bond motifs is 6. The number of hydrogen-bond acceptors (Lipinski definition) is 2. The van der Waals surface area contributed by atoms with E-state index in [1.165, 1.54) is 38.9 Å². The lowest BCUT2D eigenvalue weighted by Crippen LogP contribution is -2.22. The minimum atomic E-state index is -0.317. The summed E-state index contributed by atoms with van der Waals surface area (Å²) in [7, 11) is 0. The molecule has 2 nitrogen and oxygen atoms in total. The average Bonchev–Trinajstić information content (AvgIpc) is 3.62. The van der Waals surface area contributed by atoms with Gasteiger partial charge in [-0.3, -0.25) is 0 Å². The molecule has 1 heterocycles. The van der Waals surface area contributed by atoms with Crippen molar-refractivity contribution in [2.75, 3.05) is 5.32 Å². The van der Waals surface area contributed by atoms with Crippen molar-refractivity contribution in [3.8, 4) is 33.4 Å². The van der Waals surface area contributed by atoms with E-state index in [0.717, 1.165) is 44.4 Å². The van der Waals surface area contributed by atoms with E-state index in [0.29, 0.717) is 0 Å². The van der Waals surface area contributed by atoms with E-state index < -0.39 is 0 Å². The highest BCUT2D eigenvalue weighted by Crippen LogP contribution is 2.54. The number of rotatable bonds is 5. The second-order valence-corrected chi connectivity index (χ2v) is 12.4. The second-order valence-electron chi connectivity index (χ2n) is 12.4. The van der Waals surface area contributed by atoms with Crippen LogP contribution in [0, 0.1) is 0 Å². The van der Waals surface area contributed by atoms with Crippen LogP contribution < -0.4 is 5.32 Å². The molecule has 7 aromatic carbocycles. The van der Waals surface area contributed by atoms with Gasteiger partial charge in [0.25, 0.3) is 0 Å². The minimum Gasteiger partial charge on any atom is -0.456 e. The maximum absolute atomic E-state index is 6.81. The Labute approximate surface area is 268 Å². The summed E-state index contributed by atoms with van der Waals surface area (Å²) < 4.78 is 6.81. The molecule has 0 saturated heterocycles.